The van der Waals surface area contributed by atoms with Gasteiger partial charge in [0.05, 0.1) is 0 Å². The third kappa shape index (κ3) is 18.6. The first-order chi connectivity index (χ1) is 15.8. The molecule has 176 valence electrons. The van der Waals surface area contributed by atoms with Gasteiger partial charge in [0.2, 0.25) is 13.6 Å². The van der Waals surface area contributed by atoms with Crippen LogP contribution in [0.4, 0.5) is 0 Å². The van der Waals surface area contributed by atoms with Crippen LogP contribution < -0.4 is 0 Å². The van der Waals surface area contributed by atoms with Crippen molar-refractivity contribution in [2.24, 2.45) is 0 Å². The molecule has 0 spiro atoms. The number of hydrogen-bond donors (Lipinski definition) is 0. The molecule has 0 amide bonds. The van der Waals surface area contributed by atoms with E-state index in [0.29, 0.717) is 0 Å². The largest absolute Gasteiger partial charge is 0.454 e. The molecule has 0 rings (SSSR count). The van der Waals surface area contributed by atoms with Crippen LogP contribution >= 0.6 is 23.5 Å². The SMILES string of the molecule is C#CC(=O)OCOC(=O)C=CSCOC(=O)CC(=O)OCS/C=C/C(=O)OCOC(=O)C#C. The molecule has 33 heavy (non-hydrogen) atoms. The van der Waals surface area contributed by atoms with E-state index in [1.54, 1.807) is 11.8 Å². The second kappa shape index (κ2) is 18.9. The predicted octanol–water partition coefficient (Wildman–Crippen LogP) is 0.226. The molecular formula is C19H16O12S2. The van der Waals surface area contributed by atoms with Crippen molar-refractivity contribution in [2.75, 3.05) is 25.5 Å². The molecule has 12 nitrogen and oxygen atoms in total. The molecular weight excluding hydrogens is 484 g/mol. The molecule has 0 aromatic carbocycles. The summed E-state index contributed by atoms with van der Waals surface area (Å²) in [5.74, 6) is -2.42. The van der Waals surface area contributed by atoms with Crippen LogP contribution in [-0.2, 0) is 57.2 Å². The van der Waals surface area contributed by atoms with E-state index >= 15 is 0 Å². The van der Waals surface area contributed by atoms with Crippen LogP contribution in [0.5, 0.6) is 0 Å². The summed E-state index contributed by atoms with van der Waals surface area (Å²) in [7, 11) is 0. The molecule has 0 aromatic rings. The van der Waals surface area contributed by atoms with Crippen molar-refractivity contribution in [1.29, 1.82) is 0 Å². The highest BCUT2D eigenvalue weighted by molar-refractivity contribution is 8.02. The summed E-state index contributed by atoms with van der Waals surface area (Å²) in [5.41, 5.74) is 0. The van der Waals surface area contributed by atoms with Gasteiger partial charge in [-0.15, -0.1) is 12.8 Å². The summed E-state index contributed by atoms with van der Waals surface area (Å²) < 4.78 is 27.1. The van der Waals surface area contributed by atoms with Crippen LogP contribution in [0.25, 0.3) is 0 Å². The molecule has 0 aliphatic carbocycles. The maximum absolute atomic E-state index is 11.5. The minimum absolute atomic E-state index is 0.196. The number of hydrogen-bond acceptors (Lipinski definition) is 14. The van der Waals surface area contributed by atoms with Crippen molar-refractivity contribution in [3.63, 3.8) is 0 Å². The topological polar surface area (TPSA) is 158 Å². The van der Waals surface area contributed by atoms with Gasteiger partial charge in [-0.25, -0.2) is 19.2 Å². The van der Waals surface area contributed by atoms with Gasteiger partial charge in [-0.2, -0.15) is 0 Å². The molecule has 0 aliphatic heterocycles. The second-order valence-electron chi connectivity index (χ2n) is 4.70. The van der Waals surface area contributed by atoms with Crippen molar-refractivity contribution in [2.45, 2.75) is 6.42 Å². The van der Waals surface area contributed by atoms with E-state index in [2.05, 4.69) is 18.9 Å². The zero-order valence-electron chi connectivity index (χ0n) is 16.7. The fourth-order valence-electron chi connectivity index (χ4n) is 1.17. The molecule has 14 heteroatoms. The maximum Gasteiger partial charge on any atom is 0.386 e. The third-order valence-electron chi connectivity index (χ3n) is 2.48. The molecule has 0 unspecified atom stereocenters. The summed E-state index contributed by atoms with van der Waals surface area (Å²) in [5, 5.41) is 2.51. The van der Waals surface area contributed by atoms with Crippen molar-refractivity contribution in [3.8, 4) is 24.7 Å². The first kappa shape index (κ1) is 29.1. The number of ether oxygens (including phenoxy) is 6. The van der Waals surface area contributed by atoms with Crippen LogP contribution in [0.2, 0.25) is 0 Å². The van der Waals surface area contributed by atoms with Gasteiger partial charge in [-0.1, -0.05) is 23.5 Å². The number of rotatable bonds is 14. The van der Waals surface area contributed by atoms with Crippen molar-refractivity contribution in [3.05, 3.63) is 23.0 Å². The number of esters is 6. The summed E-state index contributed by atoms with van der Waals surface area (Å²) in [6.07, 6.45) is 10.8. The first-order valence-corrected chi connectivity index (χ1v) is 10.4. The molecule has 0 saturated heterocycles. The molecule has 0 aliphatic rings. The number of thioether (sulfide) groups is 2. The fraction of sp³-hybridized carbons (Fsp3) is 0.263. The Morgan fingerprint density at radius 1 is 0.636 bits per heavy atom. The quantitative estimate of drug-likeness (QED) is 0.0466. The normalized spacial score (nSPS) is 9.88. The van der Waals surface area contributed by atoms with Gasteiger partial charge in [0.15, 0.2) is 0 Å². The second-order valence-corrected chi connectivity index (χ2v) is 6.38. The van der Waals surface area contributed by atoms with Gasteiger partial charge in [0, 0.05) is 24.0 Å². The van der Waals surface area contributed by atoms with E-state index in [1.807, 2.05) is 0 Å². The monoisotopic (exact) mass is 500 g/mol. The Kier molecular flexibility index (Phi) is 16.6. The Balaban J connectivity index is 3.82. The standard InChI is InChI=1S/C19H16O12S2/c1-3-14(20)26-10-28-16(22)5-7-32-12-30-18(24)9-19(25)31-13-33-8-6-17(23)29-11-27-15(21)4-2/h1-2,5-8H,9-13H2/b7-5+,8-6?. The Morgan fingerprint density at radius 2 is 1.03 bits per heavy atom. The van der Waals surface area contributed by atoms with Gasteiger partial charge < -0.3 is 28.4 Å². The third-order valence-corrected chi connectivity index (χ3v) is 3.65. The van der Waals surface area contributed by atoms with Crippen molar-refractivity contribution < 1.29 is 57.2 Å². The average Bonchev–Trinajstić information content (AvgIpc) is 2.78. The molecule has 0 N–H and O–H groups in total. The van der Waals surface area contributed by atoms with Gasteiger partial charge in [0.25, 0.3) is 0 Å². The molecule has 0 bridgehead atoms. The smallest absolute Gasteiger partial charge is 0.386 e. The zero-order valence-corrected chi connectivity index (χ0v) is 18.3. The molecule has 0 saturated carbocycles. The molecule has 0 aromatic heterocycles. The Labute approximate surface area is 196 Å². The predicted molar refractivity (Wildman–Crippen MR) is 112 cm³/mol. The Hall–Kier alpha value is -3.88. The minimum atomic E-state index is -0.982. The highest BCUT2D eigenvalue weighted by atomic mass is 32.2. The lowest BCUT2D eigenvalue weighted by Gasteiger charge is -2.04. The van der Waals surface area contributed by atoms with Gasteiger partial charge in [-0.3, -0.25) is 9.59 Å². The Morgan fingerprint density at radius 3 is 1.39 bits per heavy atom. The summed E-state index contributed by atoms with van der Waals surface area (Å²) in [4.78, 5) is 66.7. The van der Waals surface area contributed by atoms with Crippen molar-refractivity contribution in [1.82, 2.24) is 0 Å². The van der Waals surface area contributed by atoms with Crippen LogP contribution in [0.3, 0.4) is 0 Å². The molecule has 0 fully saturated rings. The average molecular weight is 500 g/mol. The number of terminal acetylenes is 2. The lowest BCUT2D eigenvalue weighted by Crippen LogP contribution is -2.13. The van der Waals surface area contributed by atoms with Crippen LogP contribution in [0.1, 0.15) is 6.42 Å². The summed E-state index contributed by atoms with van der Waals surface area (Å²) in [6, 6.07) is 0. The minimum Gasteiger partial charge on any atom is -0.454 e. The lowest BCUT2D eigenvalue weighted by molar-refractivity contribution is -0.161. The highest BCUT2D eigenvalue weighted by Gasteiger charge is 2.11. The molecule has 0 atom stereocenters. The van der Waals surface area contributed by atoms with E-state index in [0.717, 1.165) is 35.7 Å². The first-order valence-electron chi connectivity index (χ1n) is 8.26. The van der Waals surface area contributed by atoms with E-state index in [9.17, 15) is 28.8 Å². The zero-order chi connectivity index (χ0) is 24.9. The number of carbonyl (C=O) groups excluding carboxylic acids is 6. The lowest BCUT2D eigenvalue weighted by atomic mass is 10.4. The van der Waals surface area contributed by atoms with Gasteiger partial charge in [-0.05, 0) is 10.8 Å². The summed E-state index contributed by atoms with van der Waals surface area (Å²) >= 11 is 1.81. The van der Waals surface area contributed by atoms with E-state index in [1.165, 1.54) is 10.8 Å². The van der Waals surface area contributed by atoms with Crippen LogP contribution in [0.15, 0.2) is 23.0 Å². The fourth-order valence-corrected chi connectivity index (χ4v) is 2.14. The van der Waals surface area contributed by atoms with E-state index in [-0.39, 0.29) is 11.9 Å². The molecule has 0 heterocycles. The van der Waals surface area contributed by atoms with Gasteiger partial charge >= 0.3 is 35.8 Å². The summed E-state index contributed by atoms with van der Waals surface area (Å²) in [6.45, 7) is -1.28. The van der Waals surface area contributed by atoms with Crippen molar-refractivity contribution >= 4 is 59.3 Å². The number of carbonyl (C=O) groups is 6. The maximum atomic E-state index is 11.5. The van der Waals surface area contributed by atoms with E-state index in [4.69, 9.17) is 22.3 Å². The van der Waals surface area contributed by atoms with Crippen LogP contribution in [-0.4, -0.2) is 61.3 Å². The van der Waals surface area contributed by atoms with Gasteiger partial charge in [0.1, 0.15) is 18.3 Å². The van der Waals surface area contributed by atoms with Crippen LogP contribution in [0, 0.1) is 24.7 Å². The molecule has 0 radical (unpaired) electrons. The Bertz CT molecular complexity index is 793. The highest BCUT2D eigenvalue weighted by Crippen LogP contribution is 2.06. The van der Waals surface area contributed by atoms with E-state index < -0.39 is 55.8 Å².